The van der Waals surface area contributed by atoms with Crippen molar-refractivity contribution < 1.29 is 13.9 Å². The molecule has 1 aliphatic rings. The average Bonchev–Trinajstić information content (AvgIpc) is 2.74. The average molecular weight is 393 g/mol. The minimum absolute atomic E-state index is 0.00753. The molecule has 0 atom stereocenters. The molecule has 1 aliphatic heterocycles. The van der Waals surface area contributed by atoms with E-state index in [0.29, 0.717) is 36.5 Å². The highest BCUT2D eigenvalue weighted by Crippen LogP contribution is 2.21. The molecule has 0 fully saturated rings. The number of hydrogen-bond acceptors (Lipinski definition) is 4. The Morgan fingerprint density at radius 2 is 1.97 bits per heavy atom. The summed E-state index contributed by atoms with van der Waals surface area (Å²) in [5, 5.41) is 0. The highest BCUT2D eigenvalue weighted by Gasteiger charge is 2.26. The van der Waals surface area contributed by atoms with Crippen LogP contribution in [0.5, 0.6) is 5.75 Å². The van der Waals surface area contributed by atoms with Gasteiger partial charge in [0.2, 0.25) is 0 Å². The van der Waals surface area contributed by atoms with E-state index in [2.05, 4.69) is 9.97 Å². The molecule has 29 heavy (non-hydrogen) atoms. The molecule has 7 heteroatoms. The van der Waals surface area contributed by atoms with Gasteiger partial charge in [-0.05, 0) is 18.2 Å². The first-order valence-electron chi connectivity index (χ1n) is 9.33. The Bertz CT molecular complexity index is 1130. The molecule has 0 aliphatic carbocycles. The van der Waals surface area contributed by atoms with Gasteiger partial charge in [0.1, 0.15) is 17.4 Å². The second-order valence-electron chi connectivity index (χ2n) is 6.88. The zero-order valence-corrected chi connectivity index (χ0v) is 15.9. The van der Waals surface area contributed by atoms with Gasteiger partial charge in [-0.2, -0.15) is 0 Å². The summed E-state index contributed by atoms with van der Waals surface area (Å²) in [6, 6.07) is 13.4. The molecular formula is C22H20FN3O3. The van der Waals surface area contributed by atoms with E-state index in [9.17, 15) is 14.0 Å². The van der Waals surface area contributed by atoms with Crippen LogP contribution < -0.4 is 10.3 Å². The van der Waals surface area contributed by atoms with E-state index in [1.54, 1.807) is 13.2 Å². The third-order valence-corrected chi connectivity index (χ3v) is 5.06. The van der Waals surface area contributed by atoms with E-state index in [1.807, 2.05) is 24.3 Å². The standard InChI is InChI=1S/C22H20FN3O3/c1-29-19-9-5-2-6-14(19)12-20-24-18-10-11-26(13-16(18)21(27)25-20)22(28)15-7-3-4-8-17(15)23/h2-9H,10-13H2,1H3,(H,24,25,27). The Kier molecular flexibility index (Phi) is 5.12. The highest BCUT2D eigenvalue weighted by atomic mass is 19.1. The maximum atomic E-state index is 14.0. The number of rotatable bonds is 4. The molecule has 148 valence electrons. The van der Waals surface area contributed by atoms with Crippen molar-refractivity contribution in [2.75, 3.05) is 13.7 Å². The predicted molar refractivity (Wildman–Crippen MR) is 106 cm³/mol. The zero-order valence-electron chi connectivity index (χ0n) is 15.9. The van der Waals surface area contributed by atoms with Crippen molar-refractivity contribution in [3.8, 4) is 5.75 Å². The fraction of sp³-hybridized carbons (Fsp3) is 0.227. The fourth-order valence-corrected chi connectivity index (χ4v) is 3.57. The molecule has 1 amide bonds. The molecule has 0 spiro atoms. The summed E-state index contributed by atoms with van der Waals surface area (Å²) in [6.45, 7) is 0.491. The molecule has 6 nitrogen and oxygen atoms in total. The van der Waals surface area contributed by atoms with Crippen LogP contribution in [0.25, 0.3) is 0 Å². The SMILES string of the molecule is COc1ccccc1Cc1nc2c(c(=O)[nH]1)CN(C(=O)c1ccccc1F)CC2. The first-order valence-corrected chi connectivity index (χ1v) is 9.33. The minimum Gasteiger partial charge on any atom is -0.496 e. The van der Waals surface area contributed by atoms with Gasteiger partial charge in [-0.3, -0.25) is 9.59 Å². The number of nitrogens with zero attached hydrogens (tertiary/aromatic N) is 2. The summed E-state index contributed by atoms with van der Waals surface area (Å²) >= 11 is 0. The topological polar surface area (TPSA) is 75.3 Å². The van der Waals surface area contributed by atoms with Crippen LogP contribution in [-0.2, 0) is 19.4 Å². The molecule has 0 bridgehead atoms. The molecule has 2 heterocycles. The maximum absolute atomic E-state index is 14.0. The number of aromatic amines is 1. The molecule has 0 saturated carbocycles. The quantitative estimate of drug-likeness (QED) is 0.740. The van der Waals surface area contributed by atoms with Gasteiger partial charge in [-0.25, -0.2) is 9.37 Å². The number of hydrogen-bond donors (Lipinski definition) is 1. The first-order chi connectivity index (χ1) is 14.1. The Balaban J connectivity index is 1.58. The number of ether oxygens (including phenoxy) is 1. The molecular weight excluding hydrogens is 373 g/mol. The number of fused-ring (bicyclic) bond motifs is 1. The summed E-state index contributed by atoms with van der Waals surface area (Å²) in [7, 11) is 1.60. The number of carbonyl (C=O) groups is 1. The van der Waals surface area contributed by atoms with Crippen LogP contribution in [0.15, 0.2) is 53.3 Å². The Morgan fingerprint density at radius 1 is 1.21 bits per heavy atom. The predicted octanol–water partition coefficient (Wildman–Crippen LogP) is 2.71. The molecule has 0 radical (unpaired) electrons. The molecule has 2 aromatic carbocycles. The number of para-hydroxylation sites is 1. The van der Waals surface area contributed by atoms with Crippen molar-refractivity contribution >= 4 is 5.91 Å². The molecule has 3 aromatic rings. The Hall–Kier alpha value is -3.48. The van der Waals surface area contributed by atoms with Gasteiger partial charge in [0.25, 0.3) is 11.5 Å². The van der Waals surface area contributed by atoms with Gasteiger partial charge in [0.15, 0.2) is 0 Å². The summed E-state index contributed by atoms with van der Waals surface area (Å²) in [4.78, 5) is 34.2. The number of carbonyl (C=O) groups excluding carboxylic acids is 1. The van der Waals surface area contributed by atoms with Crippen molar-refractivity contribution in [1.29, 1.82) is 0 Å². The first kappa shape index (κ1) is 18.9. The lowest BCUT2D eigenvalue weighted by Gasteiger charge is -2.28. The lowest BCUT2D eigenvalue weighted by molar-refractivity contribution is 0.0727. The Morgan fingerprint density at radius 3 is 2.76 bits per heavy atom. The van der Waals surface area contributed by atoms with Gasteiger partial charge in [0.05, 0.1) is 30.5 Å². The monoisotopic (exact) mass is 393 g/mol. The number of halogens is 1. The van der Waals surface area contributed by atoms with E-state index < -0.39 is 11.7 Å². The normalized spacial score (nSPS) is 13.1. The number of methoxy groups -OCH3 is 1. The summed E-state index contributed by atoms with van der Waals surface area (Å²) in [6.07, 6.45) is 0.878. The van der Waals surface area contributed by atoms with Gasteiger partial charge in [0, 0.05) is 24.9 Å². The largest absolute Gasteiger partial charge is 0.496 e. The van der Waals surface area contributed by atoms with Crippen LogP contribution >= 0.6 is 0 Å². The van der Waals surface area contributed by atoms with Gasteiger partial charge in [-0.15, -0.1) is 0 Å². The molecule has 0 saturated heterocycles. The Labute approximate surface area is 167 Å². The van der Waals surface area contributed by atoms with Gasteiger partial charge < -0.3 is 14.6 Å². The zero-order chi connectivity index (χ0) is 20.4. The molecule has 1 aromatic heterocycles. The molecule has 1 N–H and O–H groups in total. The summed E-state index contributed by atoms with van der Waals surface area (Å²) in [5.41, 5.74) is 1.78. The van der Waals surface area contributed by atoms with Crippen LogP contribution in [0.2, 0.25) is 0 Å². The number of aromatic nitrogens is 2. The van der Waals surface area contributed by atoms with Crippen molar-refractivity contribution in [1.82, 2.24) is 14.9 Å². The second kappa shape index (κ2) is 7.87. The van der Waals surface area contributed by atoms with Crippen LogP contribution in [0.4, 0.5) is 4.39 Å². The van der Waals surface area contributed by atoms with Crippen LogP contribution in [0.3, 0.4) is 0 Å². The van der Waals surface area contributed by atoms with E-state index >= 15 is 0 Å². The molecule has 0 unspecified atom stereocenters. The third-order valence-electron chi connectivity index (χ3n) is 5.06. The summed E-state index contributed by atoms with van der Waals surface area (Å²) < 4.78 is 19.3. The third kappa shape index (κ3) is 3.76. The van der Waals surface area contributed by atoms with Crippen LogP contribution in [0.1, 0.15) is 33.0 Å². The second-order valence-corrected chi connectivity index (χ2v) is 6.88. The smallest absolute Gasteiger partial charge is 0.257 e. The maximum Gasteiger partial charge on any atom is 0.257 e. The van der Waals surface area contributed by atoms with Gasteiger partial charge in [-0.1, -0.05) is 30.3 Å². The number of H-pyrrole nitrogens is 1. The number of nitrogens with one attached hydrogen (secondary N) is 1. The number of amides is 1. The van der Waals surface area contributed by atoms with E-state index in [0.717, 1.165) is 11.3 Å². The van der Waals surface area contributed by atoms with Crippen LogP contribution in [-0.4, -0.2) is 34.4 Å². The van der Waals surface area contributed by atoms with Gasteiger partial charge >= 0.3 is 0 Å². The van der Waals surface area contributed by atoms with Crippen molar-refractivity contribution in [2.45, 2.75) is 19.4 Å². The van der Waals surface area contributed by atoms with Crippen LogP contribution in [0, 0.1) is 5.82 Å². The van der Waals surface area contributed by atoms with E-state index in [1.165, 1.54) is 23.1 Å². The van der Waals surface area contributed by atoms with E-state index in [-0.39, 0.29) is 17.7 Å². The lowest BCUT2D eigenvalue weighted by Crippen LogP contribution is -2.40. The van der Waals surface area contributed by atoms with Crippen molar-refractivity contribution in [3.05, 3.63) is 92.9 Å². The van der Waals surface area contributed by atoms with E-state index in [4.69, 9.17) is 4.74 Å². The van der Waals surface area contributed by atoms with Crippen molar-refractivity contribution in [3.63, 3.8) is 0 Å². The fourth-order valence-electron chi connectivity index (χ4n) is 3.57. The lowest BCUT2D eigenvalue weighted by atomic mass is 10.0. The number of benzene rings is 2. The summed E-state index contributed by atoms with van der Waals surface area (Å²) in [5.74, 6) is 0.287. The highest BCUT2D eigenvalue weighted by molar-refractivity contribution is 5.94. The molecule has 4 rings (SSSR count). The van der Waals surface area contributed by atoms with Crippen molar-refractivity contribution in [2.24, 2.45) is 0 Å². The minimum atomic E-state index is -0.567.